The number of aromatic nitrogens is 1. The maximum absolute atomic E-state index is 12.9. The Hall–Kier alpha value is -2.96. The highest BCUT2D eigenvalue weighted by atomic mass is 35.5. The third-order valence-electron chi connectivity index (χ3n) is 4.44. The van der Waals surface area contributed by atoms with E-state index in [4.69, 9.17) is 11.6 Å². The number of hydrogen-bond donors (Lipinski definition) is 1. The fourth-order valence-electron chi connectivity index (χ4n) is 2.99. The van der Waals surface area contributed by atoms with Crippen LogP contribution >= 0.6 is 23.4 Å². The van der Waals surface area contributed by atoms with Crippen molar-refractivity contribution in [1.82, 2.24) is 9.47 Å². The van der Waals surface area contributed by atoms with Gasteiger partial charge in [0, 0.05) is 29.1 Å². The summed E-state index contributed by atoms with van der Waals surface area (Å²) in [5.41, 5.74) is 2.52. The summed E-state index contributed by atoms with van der Waals surface area (Å²) in [5.74, 6) is 0.146. The molecular formula is C22H18ClN3O2S. The van der Waals surface area contributed by atoms with E-state index in [1.54, 1.807) is 29.2 Å². The summed E-state index contributed by atoms with van der Waals surface area (Å²) in [5, 5.41) is 10.8. The number of halogens is 1. The minimum Gasteiger partial charge on any atom is -0.508 e. The number of amides is 1. The maximum atomic E-state index is 12.9. The molecule has 0 atom stereocenters. The molecule has 0 aliphatic carbocycles. The van der Waals surface area contributed by atoms with Gasteiger partial charge >= 0.3 is 0 Å². The van der Waals surface area contributed by atoms with E-state index in [2.05, 4.69) is 4.99 Å². The zero-order chi connectivity index (χ0) is 20.4. The Morgan fingerprint density at radius 3 is 2.52 bits per heavy atom. The summed E-state index contributed by atoms with van der Waals surface area (Å²) in [4.78, 5) is 19.8. The lowest BCUT2D eigenvalue weighted by atomic mass is 10.3. The number of phenols is 1. The van der Waals surface area contributed by atoms with Gasteiger partial charge in [0.25, 0.3) is 5.91 Å². The van der Waals surface area contributed by atoms with E-state index in [1.165, 1.54) is 11.8 Å². The predicted molar refractivity (Wildman–Crippen MR) is 119 cm³/mol. The summed E-state index contributed by atoms with van der Waals surface area (Å²) in [6, 6.07) is 18.0. The fraction of sp³-hybridized carbons (Fsp3) is 0.0909. The molecule has 3 aromatic rings. The van der Waals surface area contributed by atoms with Crippen LogP contribution in [-0.2, 0) is 4.79 Å². The van der Waals surface area contributed by atoms with E-state index in [1.807, 2.05) is 60.2 Å². The van der Waals surface area contributed by atoms with Crippen molar-refractivity contribution >= 4 is 46.2 Å². The van der Waals surface area contributed by atoms with E-state index in [-0.39, 0.29) is 11.7 Å². The zero-order valence-electron chi connectivity index (χ0n) is 15.6. The number of thioether (sulfide) groups is 1. The SMILES string of the molecule is CCN1C(=O)/C(=C/c2cccn2-c2ccc(O)cc2)SC1=Nc1ccc(Cl)cc1. The molecule has 2 heterocycles. The van der Waals surface area contributed by atoms with E-state index < -0.39 is 0 Å². The first-order chi connectivity index (χ1) is 14.0. The Morgan fingerprint density at radius 2 is 1.83 bits per heavy atom. The van der Waals surface area contributed by atoms with Gasteiger partial charge < -0.3 is 9.67 Å². The topological polar surface area (TPSA) is 57.8 Å². The molecule has 0 spiro atoms. The fourth-order valence-corrected chi connectivity index (χ4v) is 4.16. The van der Waals surface area contributed by atoms with Crippen molar-refractivity contribution in [2.24, 2.45) is 4.99 Å². The largest absolute Gasteiger partial charge is 0.508 e. The van der Waals surface area contributed by atoms with Crippen LogP contribution in [0.3, 0.4) is 0 Å². The van der Waals surface area contributed by atoms with Crippen molar-refractivity contribution in [3.63, 3.8) is 0 Å². The van der Waals surface area contributed by atoms with Crippen molar-refractivity contribution in [2.45, 2.75) is 6.92 Å². The predicted octanol–water partition coefficient (Wildman–Crippen LogP) is 5.46. The van der Waals surface area contributed by atoms with Gasteiger partial charge in [-0.25, -0.2) is 4.99 Å². The number of aromatic hydroxyl groups is 1. The molecule has 0 unspecified atom stereocenters. The quantitative estimate of drug-likeness (QED) is 0.567. The van der Waals surface area contributed by atoms with E-state index in [9.17, 15) is 9.90 Å². The van der Waals surface area contributed by atoms with Crippen LogP contribution < -0.4 is 0 Å². The molecule has 4 rings (SSSR count). The molecule has 146 valence electrons. The second kappa shape index (κ2) is 8.19. The number of likely N-dealkylation sites (N-methyl/N-ethyl adjacent to an activating group) is 1. The molecule has 1 aromatic heterocycles. The van der Waals surface area contributed by atoms with Crippen LogP contribution in [0.4, 0.5) is 5.69 Å². The molecule has 2 aromatic carbocycles. The second-order valence-electron chi connectivity index (χ2n) is 6.35. The Kier molecular flexibility index (Phi) is 5.47. The van der Waals surface area contributed by atoms with Crippen molar-refractivity contribution in [2.75, 3.05) is 6.54 Å². The van der Waals surface area contributed by atoms with Crippen LogP contribution in [0.15, 0.2) is 76.8 Å². The van der Waals surface area contributed by atoms with Gasteiger partial charge in [0.05, 0.1) is 10.6 Å². The average molecular weight is 424 g/mol. The summed E-state index contributed by atoms with van der Waals surface area (Å²) >= 11 is 7.30. The van der Waals surface area contributed by atoms with Gasteiger partial charge in [-0.2, -0.15) is 0 Å². The number of amidine groups is 1. The van der Waals surface area contributed by atoms with Crippen molar-refractivity contribution in [3.05, 3.63) is 82.5 Å². The van der Waals surface area contributed by atoms with E-state index in [0.717, 1.165) is 17.1 Å². The molecule has 1 aliphatic heterocycles. The first-order valence-corrected chi connectivity index (χ1v) is 10.3. The summed E-state index contributed by atoms with van der Waals surface area (Å²) < 4.78 is 1.96. The standard InChI is InChI=1S/C22H18ClN3O2S/c1-2-25-21(28)20(29-22(25)24-16-7-5-15(23)6-8-16)14-18-4-3-13-26(18)17-9-11-19(27)12-10-17/h3-14,27H,2H2,1H3/b20-14-,24-22?. The number of phenolic OH excluding ortho intramolecular Hbond substituents is 1. The molecule has 5 nitrogen and oxygen atoms in total. The molecule has 7 heteroatoms. The van der Waals surface area contributed by atoms with Crippen LogP contribution in [0, 0.1) is 0 Å². The van der Waals surface area contributed by atoms with Gasteiger partial charge in [-0.05, 0) is 85.4 Å². The lowest BCUT2D eigenvalue weighted by molar-refractivity contribution is -0.122. The number of rotatable bonds is 4. The molecule has 0 bridgehead atoms. The van der Waals surface area contributed by atoms with Crippen LogP contribution in [0.5, 0.6) is 5.75 Å². The van der Waals surface area contributed by atoms with Gasteiger partial charge in [-0.3, -0.25) is 9.69 Å². The third-order valence-corrected chi connectivity index (χ3v) is 5.70. The first kappa shape index (κ1) is 19.4. The van der Waals surface area contributed by atoms with Crippen molar-refractivity contribution in [3.8, 4) is 11.4 Å². The van der Waals surface area contributed by atoms with Crippen LogP contribution in [0.2, 0.25) is 5.02 Å². The number of aliphatic imine (C=N–C) groups is 1. The van der Waals surface area contributed by atoms with Crippen LogP contribution in [-0.4, -0.2) is 32.2 Å². The number of carbonyl (C=O) groups excluding carboxylic acids is 1. The molecule has 1 aliphatic rings. The second-order valence-corrected chi connectivity index (χ2v) is 7.80. The Labute approximate surface area is 177 Å². The minimum atomic E-state index is -0.0660. The molecule has 0 saturated carbocycles. The highest BCUT2D eigenvalue weighted by molar-refractivity contribution is 8.18. The third kappa shape index (κ3) is 4.09. The van der Waals surface area contributed by atoms with Crippen LogP contribution in [0.25, 0.3) is 11.8 Å². The molecule has 29 heavy (non-hydrogen) atoms. The normalized spacial score (nSPS) is 16.9. The van der Waals surface area contributed by atoms with Gasteiger partial charge in [0.1, 0.15) is 5.75 Å². The monoisotopic (exact) mass is 423 g/mol. The lowest BCUT2D eigenvalue weighted by Crippen LogP contribution is -2.28. The van der Waals surface area contributed by atoms with Gasteiger partial charge in [-0.1, -0.05) is 11.6 Å². The maximum Gasteiger partial charge on any atom is 0.266 e. The van der Waals surface area contributed by atoms with Gasteiger partial charge in [-0.15, -0.1) is 0 Å². The van der Waals surface area contributed by atoms with E-state index >= 15 is 0 Å². The Balaban J connectivity index is 1.67. The van der Waals surface area contributed by atoms with Crippen LogP contribution in [0.1, 0.15) is 12.6 Å². The highest BCUT2D eigenvalue weighted by Crippen LogP contribution is 2.34. The minimum absolute atomic E-state index is 0.0660. The molecule has 1 fully saturated rings. The first-order valence-electron chi connectivity index (χ1n) is 9.07. The van der Waals surface area contributed by atoms with Crippen molar-refractivity contribution < 1.29 is 9.90 Å². The molecule has 1 N–H and O–H groups in total. The Morgan fingerprint density at radius 1 is 1.10 bits per heavy atom. The highest BCUT2D eigenvalue weighted by Gasteiger charge is 2.32. The Bertz CT molecular complexity index is 1100. The van der Waals surface area contributed by atoms with Gasteiger partial charge in [0.15, 0.2) is 5.17 Å². The van der Waals surface area contributed by atoms with Gasteiger partial charge in [0.2, 0.25) is 0 Å². The average Bonchev–Trinajstić information content (AvgIpc) is 3.29. The molecule has 1 amide bonds. The van der Waals surface area contributed by atoms with Crippen molar-refractivity contribution in [1.29, 1.82) is 0 Å². The number of hydrogen-bond acceptors (Lipinski definition) is 4. The smallest absolute Gasteiger partial charge is 0.266 e. The summed E-state index contributed by atoms with van der Waals surface area (Å²) in [6.07, 6.45) is 3.79. The number of benzene rings is 2. The summed E-state index contributed by atoms with van der Waals surface area (Å²) in [6.45, 7) is 2.46. The lowest BCUT2D eigenvalue weighted by Gasteiger charge is -2.12. The number of nitrogens with zero attached hydrogens (tertiary/aromatic N) is 3. The summed E-state index contributed by atoms with van der Waals surface area (Å²) in [7, 11) is 0. The molecular weight excluding hydrogens is 406 g/mol. The molecule has 0 radical (unpaired) electrons. The molecule has 1 saturated heterocycles. The number of carbonyl (C=O) groups is 1. The van der Waals surface area contributed by atoms with E-state index in [0.29, 0.717) is 21.6 Å². The zero-order valence-corrected chi connectivity index (χ0v) is 17.2.